The molecule has 1 aliphatic heterocycles. The van der Waals surface area contributed by atoms with Gasteiger partial charge in [-0.3, -0.25) is 4.79 Å². The Morgan fingerprint density at radius 1 is 1.10 bits per heavy atom. The van der Waals surface area contributed by atoms with Crippen LogP contribution in [0.1, 0.15) is 64.7 Å². The summed E-state index contributed by atoms with van der Waals surface area (Å²) in [4.78, 5) is 23.3. The average molecular weight is 298 g/mol. The summed E-state index contributed by atoms with van der Waals surface area (Å²) in [6, 6.07) is 0. The number of esters is 1. The molecule has 2 saturated carbocycles. The highest BCUT2D eigenvalue weighted by Crippen LogP contribution is 2.44. The van der Waals surface area contributed by atoms with E-state index in [-0.39, 0.29) is 17.5 Å². The summed E-state index contributed by atoms with van der Waals surface area (Å²) in [5.74, 6) is -0.743. The Hall–Kier alpha value is -0.650. The van der Waals surface area contributed by atoms with Crippen molar-refractivity contribution < 1.29 is 24.0 Å². The molecule has 1 saturated heterocycles. The van der Waals surface area contributed by atoms with Crippen LogP contribution in [-0.4, -0.2) is 30.6 Å². The van der Waals surface area contributed by atoms with Crippen molar-refractivity contribution in [3.8, 4) is 0 Å². The maximum absolute atomic E-state index is 11.8. The Labute approximate surface area is 126 Å². The molecule has 0 unspecified atom stereocenters. The first-order valence-corrected chi connectivity index (χ1v) is 8.34. The lowest BCUT2D eigenvalue weighted by molar-refractivity contribution is -0.520. The van der Waals surface area contributed by atoms with Gasteiger partial charge in [-0.1, -0.05) is 19.3 Å². The molecule has 0 aromatic carbocycles. The fourth-order valence-electron chi connectivity index (χ4n) is 3.68. The topological polar surface area (TPSA) is 54.0 Å². The van der Waals surface area contributed by atoms with Crippen molar-refractivity contribution in [3.63, 3.8) is 0 Å². The van der Waals surface area contributed by atoms with Gasteiger partial charge in [0.1, 0.15) is 5.60 Å². The van der Waals surface area contributed by atoms with Crippen molar-refractivity contribution in [2.45, 2.75) is 76.1 Å². The summed E-state index contributed by atoms with van der Waals surface area (Å²) in [6.45, 7) is 2.91. The molecule has 5 heteroatoms. The average Bonchev–Trinajstić information content (AvgIpc) is 2.53. The molecule has 3 rings (SSSR count). The number of rotatable bonds is 2. The molecule has 3 aliphatic rings. The molecule has 0 aromatic heterocycles. The molecule has 0 atom stereocenters. The zero-order chi connectivity index (χ0) is 14.8. The second-order valence-corrected chi connectivity index (χ2v) is 6.64. The Morgan fingerprint density at radius 3 is 2.38 bits per heavy atom. The van der Waals surface area contributed by atoms with Gasteiger partial charge < -0.3 is 9.47 Å². The zero-order valence-corrected chi connectivity index (χ0v) is 12.9. The quantitative estimate of drug-likeness (QED) is 0.579. The van der Waals surface area contributed by atoms with Gasteiger partial charge in [0, 0.05) is 12.8 Å². The van der Waals surface area contributed by atoms with Gasteiger partial charge in [0.05, 0.1) is 19.1 Å². The molecule has 21 heavy (non-hydrogen) atoms. The fourth-order valence-corrected chi connectivity index (χ4v) is 3.68. The van der Waals surface area contributed by atoms with Crippen LogP contribution in [0, 0.1) is 5.92 Å². The van der Waals surface area contributed by atoms with Crippen LogP contribution in [0.2, 0.25) is 0 Å². The molecule has 0 aromatic rings. The highest BCUT2D eigenvalue weighted by Gasteiger charge is 2.49. The van der Waals surface area contributed by atoms with E-state index in [0.717, 1.165) is 25.7 Å². The highest BCUT2D eigenvalue weighted by molar-refractivity contribution is 5.72. The van der Waals surface area contributed by atoms with Crippen LogP contribution in [0.5, 0.6) is 0 Å². The molecule has 0 radical (unpaired) electrons. The van der Waals surface area contributed by atoms with E-state index in [1.807, 2.05) is 6.92 Å². The predicted octanol–water partition coefficient (Wildman–Crippen LogP) is 3.12. The second-order valence-electron chi connectivity index (χ2n) is 6.64. The molecule has 2 spiro atoms. The van der Waals surface area contributed by atoms with E-state index in [0.29, 0.717) is 26.1 Å². The van der Waals surface area contributed by atoms with Gasteiger partial charge in [-0.05, 0) is 32.6 Å². The molecule has 1 heterocycles. The molecule has 2 aliphatic carbocycles. The number of carbonyl (C=O) groups is 1. The van der Waals surface area contributed by atoms with Crippen molar-refractivity contribution in [2.75, 3.05) is 13.2 Å². The molecule has 120 valence electrons. The Kier molecular flexibility index (Phi) is 4.52. The SMILES string of the molecule is CCOC(=O)C1CCC2(CC1)OCC1(CCCCC1)OO2. The number of hydrogen-bond donors (Lipinski definition) is 0. The minimum Gasteiger partial charge on any atom is -0.466 e. The van der Waals surface area contributed by atoms with E-state index >= 15 is 0 Å². The standard InChI is InChI=1S/C16H26O5/c1-2-18-14(17)13-6-10-16(11-7-13)19-12-15(20-21-16)8-4-3-5-9-15/h13H,2-12H2,1H3. The lowest BCUT2D eigenvalue weighted by Crippen LogP contribution is -2.54. The molecule has 0 amide bonds. The van der Waals surface area contributed by atoms with Crippen molar-refractivity contribution in [1.82, 2.24) is 0 Å². The fraction of sp³-hybridized carbons (Fsp3) is 0.938. The summed E-state index contributed by atoms with van der Waals surface area (Å²) in [6.07, 6.45) is 8.58. The molecule has 0 bridgehead atoms. The first-order chi connectivity index (χ1) is 10.2. The summed E-state index contributed by atoms with van der Waals surface area (Å²) < 4.78 is 11.2. The van der Waals surface area contributed by atoms with Gasteiger partial charge in [-0.2, -0.15) is 0 Å². The van der Waals surface area contributed by atoms with Crippen molar-refractivity contribution in [3.05, 3.63) is 0 Å². The van der Waals surface area contributed by atoms with E-state index < -0.39 is 5.79 Å². The van der Waals surface area contributed by atoms with Crippen LogP contribution in [0.15, 0.2) is 0 Å². The van der Waals surface area contributed by atoms with Crippen LogP contribution in [0.25, 0.3) is 0 Å². The third-order valence-electron chi connectivity index (χ3n) is 5.10. The highest BCUT2D eigenvalue weighted by atomic mass is 17.2. The largest absolute Gasteiger partial charge is 0.466 e. The number of carbonyl (C=O) groups excluding carboxylic acids is 1. The van der Waals surface area contributed by atoms with E-state index in [1.54, 1.807) is 0 Å². The number of hydrogen-bond acceptors (Lipinski definition) is 5. The van der Waals surface area contributed by atoms with Crippen LogP contribution in [0.4, 0.5) is 0 Å². The number of ether oxygens (including phenoxy) is 2. The summed E-state index contributed by atoms with van der Waals surface area (Å²) in [5.41, 5.74) is -0.221. The maximum atomic E-state index is 11.8. The van der Waals surface area contributed by atoms with E-state index in [2.05, 4.69) is 0 Å². The smallest absolute Gasteiger partial charge is 0.308 e. The second kappa shape index (κ2) is 6.23. The first-order valence-electron chi connectivity index (χ1n) is 8.34. The van der Waals surface area contributed by atoms with Crippen LogP contribution < -0.4 is 0 Å². The normalized spacial score (nSPS) is 35.8. The van der Waals surface area contributed by atoms with Gasteiger partial charge in [-0.15, -0.1) is 0 Å². The molecule has 3 fully saturated rings. The van der Waals surface area contributed by atoms with Gasteiger partial charge in [0.15, 0.2) is 0 Å². The van der Waals surface area contributed by atoms with Crippen molar-refractivity contribution in [1.29, 1.82) is 0 Å². The van der Waals surface area contributed by atoms with Crippen molar-refractivity contribution >= 4 is 5.97 Å². The Morgan fingerprint density at radius 2 is 1.81 bits per heavy atom. The lowest BCUT2D eigenvalue weighted by atomic mass is 9.83. The van der Waals surface area contributed by atoms with Gasteiger partial charge in [-0.25, -0.2) is 9.78 Å². The Bertz CT molecular complexity index is 355. The van der Waals surface area contributed by atoms with Crippen LogP contribution >= 0.6 is 0 Å². The third-order valence-corrected chi connectivity index (χ3v) is 5.10. The monoisotopic (exact) mass is 298 g/mol. The molecule has 0 N–H and O–H groups in total. The minimum atomic E-state index is -0.633. The molecular weight excluding hydrogens is 272 g/mol. The van der Waals surface area contributed by atoms with E-state index in [1.165, 1.54) is 19.3 Å². The van der Waals surface area contributed by atoms with Crippen molar-refractivity contribution in [2.24, 2.45) is 5.92 Å². The summed E-state index contributed by atoms with van der Waals surface area (Å²) in [7, 11) is 0. The molecular formula is C16H26O5. The minimum absolute atomic E-state index is 0.0201. The Balaban J connectivity index is 1.51. The summed E-state index contributed by atoms with van der Waals surface area (Å²) >= 11 is 0. The van der Waals surface area contributed by atoms with Gasteiger partial charge >= 0.3 is 5.97 Å². The van der Waals surface area contributed by atoms with E-state index in [9.17, 15) is 4.79 Å². The third kappa shape index (κ3) is 3.25. The predicted molar refractivity (Wildman–Crippen MR) is 75.3 cm³/mol. The maximum Gasteiger partial charge on any atom is 0.308 e. The van der Waals surface area contributed by atoms with Crippen LogP contribution in [-0.2, 0) is 24.0 Å². The molecule has 5 nitrogen and oxygen atoms in total. The van der Waals surface area contributed by atoms with E-state index in [4.69, 9.17) is 19.2 Å². The summed E-state index contributed by atoms with van der Waals surface area (Å²) in [5, 5.41) is 0. The van der Waals surface area contributed by atoms with Gasteiger partial charge in [0.25, 0.3) is 0 Å². The lowest BCUT2D eigenvalue weighted by Gasteiger charge is -2.48. The van der Waals surface area contributed by atoms with Gasteiger partial charge in [0.2, 0.25) is 5.79 Å². The van der Waals surface area contributed by atoms with Crippen LogP contribution in [0.3, 0.4) is 0 Å². The first kappa shape index (κ1) is 15.3. The zero-order valence-electron chi connectivity index (χ0n) is 12.9.